The molecule has 0 saturated heterocycles. The summed E-state index contributed by atoms with van der Waals surface area (Å²) < 4.78 is 35.2. The largest absolute Gasteiger partial charge is 0.466 e. The molecule has 0 aliphatic rings. The van der Waals surface area contributed by atoms with E-state index in [1.54, 1.807) is 6.07 Å². The highest BCUT2D eigenvalue weighted by Gasteiger charge is 2.18. The first-order valence-corrected chi connectivity index (χ1v) is 8.96. The van der Waals surface area contributed by atoms with E-state index in [9.17, 15) is 13.2 Å². The Bertz CT molecular complexity index is 804. The van der Waals surface area contributed by atoms with Crippen molar-refractivity contribution in [1.82, 2.24) is 10.0 Å². The summed E-state index contributed by atoms with van der Waals surface area (Å²) in [6.45, 7) is 5.54. The van der Waals surface area contributed by atoms with E-state index in [0.29, 0.717) is 5.76 Å². The molecule has 0 aliphatic carbocycles. The summed E-state index contributed by atoms with van der Waals surface area (Å²) in [7, 11) is -3.31. The summed E-state index contributed by atoms with van der Waals surface area (Å²) in [5.41, 5.74) is 0.904. The molecule has 0 radical (unpaired) electrons. The minimum atomic E-state index is -3.31. The van der Waals surface area contributed by atoms with Crippen LogP contribution in [0.2, 0.25) is 0 Å². The van der Waals surface area contributed by atoms with Crippen LogP contribution in [0.1, 0.15) is 46.4 Å². The molecule has 0 unspecified atom stereocenters. The summed E-state index contributed by atoms with van der Waals surface area (Å²) in [6, 6.07) is 4.71. The molecule has 0 aromatic carbocycles. The number of hydrogen-bond acceptors (Lipinski definition) is 5. The van der Waals surface area contributed by atoms with Gasteiger partial charge in [0.05, 0.1) is 18.8 Å². The third-order valence-electron chi connectivity index (χ3n) is 3.29. The molecule has 1 amide bonds. The molecule has 8 heteroatoms. The van der Waals surface area contributed by atoms with Gasteiger partial charge in [-0.1, -0.05) is 0 Å². The molecule has 0 fully saturated rings. The molecule has 1 atom stereocenters. The lowest BCUT2D eigenvalue weighted by molar-refractivity contribution is 0.0910. The van der Waals surface area contributed by atoms with Crippen molar-refractivity contribution in [3.05, 3.63) is 46.8 Å². The number of carbonyl (C=O) groups excluding carboxylic acids is 1. The SMILES string of the molecule is Cc1cc([C@H](C)NC(=O)c2ccc(CNS(C)(=O)=O)o2)c(C)o1. The average Bonchev–Trinajstić information content (AvgIpc) is 3.02. The topological polar surface area (TPSA) is 102 Å². The molecule has 0 saturated carbocycles. The molecule has 2 N–H and O–H groups in total. The van der Waals surface area contributed by atoms with Crippen LogP contribution in [-0.4, -0.2) is 20.6 Å². The third kappa shape index (κ3) is 4.70. The number of amides is 1. The fourth-order valence-electron chi connectivity index (χ4n) is 2.22. The monoisotopic (exact) mass is 340 g/mol. The first-order chi connectivity index (χ1) is 10.7. The number of aryl methyl sites for hydroxylation is 2. The second-order valence-corrected chi connectivity index (χ2v) is 7.26. The fourth-order valence-corrected chi connectivity index (χ4v) is 2.63. The van der Waals surface area contributed by atoms with Crippen LogP contribution in [0, 0.1) is 13.8 Å². The van der Waals surface area contributed by atoms with Crippen LogP contribution in [0.3, 0.4) is 0 Å². The zero-order valence-electron chi connectivity index (χ0n) is 13.5. The molecule has 2 aromatic rings. The van der Waals surface area contributed by atoms with Gasteiger partial charge in [0, 0.05) is 5.56 Å². The van der Waals surface area contributed by atoms with Crippen molar-refractivity contribution in [3.63, 3.8) is 0 Å². The van der Waals surface area contributed by atoms with Crippen molar-refractivity contribution in [2.24, 2.45) is 0 Å². The number of rotatable bonds is 6. The van der Waals surface area contributed by atoms with Gasteiger partial charge in [-0.15, -0.1) is 0 Å². The van der Waals surface area contributed by atoms with Gasteiger partial charge in [-0.3, -0.25) is 4.79 Å². The Hall–Kier alpha value is -2.06. The van der Waals surface area contributed by atoms with E-state index in [2.05, 4.69) is 10.0 Å². The van der Waals surface area contributed by atoms with Crippen LogP contribution in [-0.2, 0) is 16.6 Å². The molecule has 2 rings (SSSR count). The standard InChI is InChI=1S/C15H20N2O5S/c1-9-7-13(11(3)21-9)10(2)17-15(18)14-6-5-12(22-14)8-16-23(4,19)20/h5-7,10,16H,8H2,1-4H3,(H,17,18)/t10-/m0/s1. The molecule has 7 nitrogen and oxygen atoms in total. The van der Waals surface area contributed by atoms with E-state index >= 15 is 0 Å². The summed E-state index contributed by atoms with van der Waals surface area (Å²) in [4.78, 5) is 12.2. The summed E-state index contributed by atoms with van der Waals surface area (Å²) in [5, 5.41) is 2.82. The minimum Gasteiger partial charge on any atom is -0.466 e. The first-order valence-electron chi connectivity index (χ1n) is 7.07. The predicted octanol–water partition coefficient (Wildman–Crippen LogP) is 2.03. The van der Waals surface area contributed by atoms with Gasteiger partial charge in [-0.2, -0.15) is 0 Å². The zero-order valence-corrected chi connectivity index (χ0v) is 14.3. The number of hydrogen-bond donors (Lipinski definition) is 2. The van der Waals surface area contributed by atoms with Crippen molar-refractivity contribution in [2.45, 2.75) is 33.4 Å². The smallest absolute Gasteiger partial charge is 0.287 e. The Kier molecular flexibility index (Phi) is 4.96. The van der Waals surface area contributed by atoms with Crippen LogP contribution in [0.4, 0.5) is 0 Å². The van der Waals surface area contributed by atoms with E-state index in [1.807, 2.05) is 26.8 Å². The summed E-state index contributed by atoms with van der Waals surface area (Å²) >= 11 is 0. The molecule has 0 bridgehead atoms. The maximum atomic E-state index is 12.2. The van der Waals surface area contributed by atoms with Gasteiger partial charge < -0.3 is 14.2 Å². The summed E-state index contributed by atoms with van der Waals surface area (Å²) in [6.07, 6.45) is 1.06. The lowest BCUT2D eigenvalue weighted by Crippen LogP contribution is -2.26. The van der Waals surface area contributed by atoms with Crippen molar-refractivity contribution in [3.8, 4) is 0 Å². The van der Waals surface area contributed by atoms with Crippen LogP contribution < -0.4 is 10.0 Å². The van der Waals surface area contributed by atoms with Crippen molar-refractivity contribution in [1.29, 1.82) is 0 Å². The van der Waals surface area contributed by atoms with E-state index in [0.717, 1.165) is 23.3 Å². The highest BCUT2D eigenvalue weighted by Crippen LogP contribution is 2.21. The molecule has 2 aromatic heterocycles. The van der Waals surface area contributed by atoms with Gasteiger partial charge in [0.2, 0.25) is 10.0 Å². The molecular weight excluding hydrogens is 320 g/mol. The van der Waals surface area contributed by atoms with Gasteiger partial charge in [0.25, 0.3) is 5.91 Å². The molecule has 126 valence electrons. The zero-order chi connectivity index (χ0) is 17.2. The number of carbonyl (C=O) groups is 1. The maximum Gasteiger partial charge on any atom is 0.287 e. The van der Waals surface area contributed by atoms with Crippen LogP contribution in [0.15, 0.2) is 27.0 Å². The molecule has 2 heterocycles. The fraction of sp³-hybridized carbons (Fsp3) is 0.400. The third-order valence-corrected chi connectivity index (χ3v) is 3.96. The number of furan rings is 2. The Labute approximate surface area is 135 Å². The Morgan fingerprint density at radius 3 is 2.52 bits per heavy atom. The first kappa shape index (κ1) is 17.3. The van der Waals surface area contributed by atoms with E-state index < -0.39 is 10.0 Å². The Balaban J connectivity index is 2.01. The highest BCUT2D eigenvalue weighted by atomic mass is 32.2. The summed E-state index contributed by atoms with van der Waals surface area (Å²) in [5.74, 6) is 1.66. The van der Waals surface area contributed by atoms with E-state index in [-0.39, 0.29) is 24.3 Å². The van der Waals surface area contributed by atoms with Gasteiger partial charge in [0.15, 0.2) is 5.76 Å². The van der Waals surface area contributed by atoms with E-state index in [1.165, 1.54) is 6.07 Å². The number of nitrogens with one attached hydrogen (secondary N) is 2. The lowest BCUT2D eigenvalue weighted by atomic mass is 10.1. The quantitative estimate of drug-likeness (QED) is 0.838. The Morgan fingerprint density at radius 2 is 1.96 bits per heavy atom. The predicted molar refractivity (Wildman–Crippen MR) is 84.5 cm³/mol. The maximum absolute atomic E-state index is 12.2. The minimum absolute atomic E-state index is 0.00169. The normalized spacial score (nSPS) is 13.0. The van der Waals surface area contributed by atoms with Crippen molar-refractivity contribution in [2.75, 3.05) is 6.26 Å². The second kappa shape index (κ2) is 6.59. The second-order valence-electron chi connectivity index (χ2n) is 5.42. The molecule has 23 heavy (non-hydrogen) atoms. The van der Waals surface area contributed by atoms with Gasteiger partial charge in [-0.05, 0) is 39.0 Å². The van der Waals surface area contributed by atoms with Crippen LogP contribution in [0.25, 0.3) is 0 Å². The van der Waals surface area contributed by atoms with Crippen molar-refractivity contribution < 1.29 is 22.0 Å². The number of sulfonamides is 1. The molecule has 0 aliphatic heterocycles. The van der Waals surface area contributed by atoms with Gasteiger partial charge in [0.1, 0.15) is 17.3 Å². The van der Waals surface area contributed by atoms with Crippen LogP contribution in [0.5, 0.6) is 0 Å². The average molecular weight is 340 g/mol. The Morgan fingerprint density at radius 1 is 1.26 bits per heavy atom. The van der Waals surface area contributed by atoms with Gasteiger partial charge in [-0.25, -0.2) is 13.1 Å². The molecule has 0 spiro atoms. The molecular formula is C15H20N2O5S. The highest BCUT2D eigenvalue weighted by molar-refractivity contribution is 7.88. The van der Waals surface area contributed by atoms with E-state index in [4.69, 9.17) is 8.83 Å². The lowest BCUT2D eigenvalue weighted by Gasteiger charge is -2.11. The van der Waals surface area contributed by atoms with Crippen molar-refractivity contribution >= 4 is 15.9 Å². The van der Waals surface area contributed by atoms with Crippen LogP contribution >= 0.6 is 0 Å². The van der Waals surface area contributed by atoms with Gasteiger partial charge >= 0.3 is 0 Å².